The molecule has 2 saturated heterocycles. The first-order chi connectivity index (χ1) is 18.9. The number of fused-ring (bicyclic) bond motifs is 3. The summed E-state index contributed by atoms with van der Waals surface area (Å²) >= 11 is 0. The minimum absolute atomic E-state index is 0.0282. The number of aromatic hydroxyl groups is 1. The molecule has 3 aromatic rings. The van der Waals surface area contributed by atoms with E-state index in [1.165, 1.54) is 23.4 Å². The van der Waals surface area contributed by atoms with Crippen molar-refractivity contribution in [3.63, 3.8) is 0 Å². The van der Waals surface area contributed by atoms with Crippen LogP contribution >= 0.6 is 0 Å². The van der Waals surface area contributed by atoms with Crippen molar-refractivity contribution < 1.29 is 23.1 Å². The number of amides is 1. The molecule has 2 fully saturated rings. The highest BCUT2D eigenvalue weighted by atomic mass is 32.2. The molecule has 0 aliphatic carbocycles. The Balaban J connectivity index is 1.34. The number of morpholine rings is 1. The van der Waals surface area contributed by atoms with E-state index >= 15 is 0 Å². The average molecular weight is 562 g/mol. The maximum Gasteiger partial charge on any atom is 0.258 e. The van der Waals surface area contributed by atoms with Gasteiger partial charge in [-0.1, -0.05) is 45.0 Å². The van der Waals surface area contributed by atoms with Crippen molar-refractivity contribution in [3.05, 3.63) is 71.3 Å². The SMILES string of the molecule is CC(C)(C)c1ccc(-c2ccc3c(c2)CCN(c2ccc(O)c(NS(C)(=O)=O)c2)C3=O)c(N2C3COCC2C3)c1. The molecule has 2 atom stereocenters. The van der Waals surface area contributed by atoms with Gasteiger partial charge in [0, 0.05) is 29.0 Å². The van der Waals surface area contributed by atoms with Crippen LogP contribution in [0.2, 0.25) is 0 Å². The number of phenols is 1. The van der Waals surface area contributed by atoms with Gasteiger partial charge in [0.1, 0.15) is 5.75 Å². The highest BCUT2D eigenvalue weighted by molar-refractivity contribution is 7.92. The molecule has 40 heavy (non-hydrogen) atoms. The summed E-state index contributed by atoms with van der Waals surface area (Å²) in [6, 6.07) is 18.1. The Morgan fingerprint density at radius 3 is 2.38 bits per heavy atom. The molecule has 6 rings (SSSR count). The molecule has 3 aliphatic heterocycles. The first kappa shape index (κ1) is 26.7. The van der Waals surface area contributed by atoms with Crippen LogP contribution in [-0.2, 0) is 26.6 Å². The number of hydrogen-bond donors (Lipinski definition) is 2. The largest absolute Gasteiger partial charge is 0.506 e. The normalized spacial score (nSPS) is 20.6. The number of carbonyl (C=O) groups excluding carboxylic acids is 1. The maximum absolute atomic E-state index is 13.6. The number of sulfonamides is 1. The minimum atomic E-state index is -3.59. The van der Waals surface area contributed by atoms with Gasteiger partial charge in [-0.3, -0.25) is 9.52 Å². The lowest BCUT2D eigenvalue weighted by Gasteiger charge is -2.54. The molecule has 210 valence electrons. The maximum atomic E-state index is 13.6. The summed E-state index contributed by atoms with van der Waals surface area (Å²) in [6.07, 6.45) is 2.83. The zero-order valence-corrected chi connectivity index (χ0v) is 24.1. The van der Waals surface area contributed by atoms with Crippen LogP contribution in [0.4, 0.5) is 17.1 Å². The van der Waals surface area contributed by atoms with Crippen LogP contribution in [0.15, 0.2) is 54.6 Å². The summed E-state index contributed by atoms with van der Waals surface area (Å²) in [5.41, 5.74) is 6.99. The number of nitrogens with one attached hydrogen (secondary N) is 1. The van der Waals surface area contributed by atoms with Gasteiger partial charge in [0.05, 0.1) is 37.2 Å². The number of rotatable bonds is 5. The molecule has 3 aliphatic rings. The van der Waals surface area contributed by atoms with E-state index in [1.54, 1.807) is 11.0 Å². The van der Waals surface area contributed by atoms with Gasteiger partial charge in [0.15, 0.2) is 0 Å². The number of hydrogen-bond acceptors (Lipinski definition) is 6. The Bertz CT molecular complexity index is 1600. The molecule has 1 amide bonds. The number of ether oxygens (including phenoxy) is 1. The highest BCUT2D eigenvalue weighted by Crippen LogP contribution is 2.44. The zero-order chi connectivity index (χ0) is 28.4. The van der Waals surface area contributed by atoms with E-state index in [0.717, 1.165) is 42.6 Å². The zero-order valence-electron chi connectivity index (χ0n) is 23.3. The number of benzene rings is 3. The molecule has 3 heterocycles. The minimum Gasteiger partial charge on any atom is -0.506 e. The van der Waals surface area contributed by atoms with E-state index in [0.29, 0.717) is 36.3 Å². The second-order valence-corrected chi connectivity index (χ2v) is 13.9. The van der Waals surface area contributed by atoms with Gasteiger partial charge in [0.25, 0.3) is 5.91 Å². The molecule has 0 radical (unpaired) electrons. The van der Waals surface area contributed by atoms with E-state index < -0.39 is 10.0 Å². The summed E-state index contributed by atoms with van der Waals surface area (Å²) in [7, 11) is -3.59. The second kappa shape index (κ2) is 9.52. The van der Waals surface area contributed by atoms with Gasteiger partial charge in [-0.25, -0.2) is 8.42 Å². The number of anilines is 3. The molecule has 9 heteroatoms. The molecule has 2 bridgehead atoms. The lowest BCUT2D eigenvalue weighted by Crippen LogP contribution is -2.64. The predicted octanol–water partition coefficient (Wildman–Crippen LogP) is 4.91. The molecular weight excluding hydrogens is 526 g/mol. The van der Waals surface area contributed by atoms with Gasteiger partial charge < -0.3 is 19.6 Å². The summed E-state index contributed by atoms with van der Waals surface area (Å²) in [6.45, 7) is 8.65. The summed E-state index contributed by atoms with van der Waals surface area (Å²) in [5.74, 6) is -0.351. The fraction of sp³-hybridized carbons (Fsp3) is 0.387. The predicted molar refractivity (Wildman–Crippen MR) is 158 cm³/mol. The number of carbonyl (C=O) groups is 1. The molecule has 0 spiro atoms. The van der Waals surface area contributed by atoms with Gasteiger partial charge >= 0.3 is 0 Å². The number of phenolic OH excluding ortho intramolecular Hbond substituents is 1. The molecular formula is C31H35N3O5S. The van der Waals surface area contributed by atoms with E-state index in [1.807, 2.05) is 12.1 Å². The number of nitrogens with zero attached hydrogens (tertiary/aromatic N) is 2. The van der Waals surface area contributed by atoms with Crippen molar-refractivity contribution in [1.29, 1.82) is 0 Å². The molecule has 8 nitrogen and oxygen atoms in total. The second-order valence-electron chi connectivity index (χ2n) is 12.1. The topological polar surface area (TPSA) is 99.2 Å². The Kier molecular flexibility index (Phi) is 6.34. The fourth-order valence-electron chi connectivity index (χ4n) is 6.06. The molecule has 3 aromatic carbocycles. The third-order valence-corrected chi connectivity index (χ3v) is 8.77. The van der Waals surface area contributed by atoms with E-state index in [2.05, 4.69) is 54.7 Å². The van der Waals surface area contributed by atoms with Crippen LogP contribution in [0.3, 0.4) is 0 Å². The van der Waals surface area contributed by atoms with Crippen molar-refractivity contribution in [3.8, 4) is 16.9 Å². The highest BCUT2D eigenvalue weighted by Gasteiger charge is 2.43. The first-order valence-electron chi connectivity index (χ1n) is 13.7. The van der Waals surface area contributed by atoms with E-state index in [-0.39, 0.29) is 22.8 Å². The van der Waals surface area contributed by atoms with Crippen LogP contribution in [0.25, 0.3) is 11.1 Å². The standard InChI is InChI=1S/C31H35N3O5S/c1-31(2,3)21-6-9-25(28(14-21)34-23-15-24(34)18-39-17-23)19-5-8-26-20(13-19)11-12-33(30(26)36)22-7-10-29(35)27(16-22)32-40(4,37)38/h5-10,13-14,16,23-24,32,35H,11-12,15,17-18H2,1-4H3. The fourth-order valence-corrected chi connectivity index (χ4v) is 6.63. The van der Waals surface area contributed by atoms with Gasteiger partial charge in [0.2, 0.25) is 10.0 Å². The van der Waals surface area contributed by atoms with Gasteiger partial charge in [-0.2, -0.15) is 0 Å². The average Bonchev–Trinajstić information content (AvgIpc) is 2.89. The summed E-state index contributed by atoms with van der Waals surface area (Å²) < 4.78 is 31.5. The Morgan fingerprint density at radius 1 is 0.975 bits per heavy atom. The van der Waals surface area contributed by atoms with Crippen molar-refractivity contribution >= 4 is 33.0 Å². The monoisotopic (exact) mass is 561 g/mol. The van der Waals surface area contributed by atoms with Gasteiger partial charge in [-0.15, -0.1) is 0 Å². The molecule has 0 saturated carbocycles. The van der Waals surface area contributed by atoms with Crippen molar-refractivity contribution in [1.82, 2.24) is 0 Å². The quantitative estimate of drug-likeness (QED) is 0.430. The lowest BCUT2D eigenvalue weighted by atomic mass is 9.82. The van der Waals surface area contributed by atoms with E-state index in [4.69, 9.17) is 4.74 Å². The third kappa shape index (κ3) is 4.81. The first-order valence-corrected chi connectivity index (χ1v) is 15.5. The van der Waals surface area contributed by atoms with Crippen molar-refractivity contribution in [2.24, 2.45) is 0 Å². The van der Waals surface area contributed by atoms with Gasteiger partial charge in [-0.05, 0) is 65.3 Å². The van der Waals surface area contributed by atoms with E-state index in [9.17, 15) is 18.3 Å². The Labute approximate surface area is 235 Å². The Hall–Kier alpha value is -3.56. The Morgan fingerprint density at radius 2 is 1.70 bits per heavy atom. The van der Waals surface area contributed by atoms with Crippen LogP contribution in [-0.4, -0.2) is 57.5 Å². The van der Waals surface area contributed by atoms with Crippen LogP contribution in [0.1, 0.15) is 48.7 Å². The molecule has 2 N–H and O–H groups in total. The summed E-state index contributed by atoms with van der Waals surface area (Å²) in [4.78, 5) is 17.7. The third-order valence-electron chi connectivity index (χ3n) is 8.18. The van der Waals surface area contributed by atoms with Crippen LogP contribution in [0, 0.1) is 0 Å². The van der Waals surface area contributed by atoms with Crippen LogP contribution in [0.5, 0.6) is 5.75 Å². The van der Waals surface area contributed by atoms with Crippen molar-refractivity contribution in [2.45, 2.75) is 51.1 Å². The lowest BCUT2D eigenvalue weighted by molar-refractivity contribution is 0.0104. The van der Waals surface area contributed by atoms with Crippen LogP contribution < -0.4 is 14.5 Å². The van der Waals surface area contributed by atoms with Crippen molar-refractivity contribution in [2.75, 3.05) is 40.5 Å². The molecule has 2 unspecified atom stereocenters. The summed E-state index contributed by atoms with van der Waals surface area (Å²) in [5, 5.41) is 10.1. The smallest absolute Gasteiger partial charge is 0.258 e. The molecule has 0 aromatic heterocycles.